The van der Waals surface area contributed by atoms with Crippen LogP contribution in [0.3, 0.4) is 0 Å². The summed E-state index contributed by atoms with van der Waals surface area (Å²) in [6.45, 7) is 4.55. The van der Waals surface area contributed by atoms with Gasteiger partial charge in [0, 0.05) is 25.1 Å². The highest BCUT2D eigenvalue weighted by atomic mass is 32.2. The number of hydrogen-bond donors (Lipinski definition) is 1. The highest BCUT2D eigenvalue weighted by molar-refractivity contribution is 7.98. The van der Waals surface area contributed by atoms with Crippen LogP contribution in [-0.2, 0) is 20.6 Å². The molecular weight excluding hydrogens is 420 g/mol. The Hall–Kier alpha value is -2.19. The van der Waals surface area contributed by atoms with E-state index >= 15 is 0 Å². The van der Waals surface area contributed by atoms with Gasteiger partial charge in [0.25, 0.3) is 5.91 Å². The van der Waals surface area contributed by atoms with Gasteiger partial charge in [-0.3, -0.25) is 9.10 Å². The van der Waals surface area contributed by atoms with Crippen LogP contribution in [0.2, 0.25) is 0 Å². The number of anilines is 1. The molecule has 6 nitrogen and oxygen atoms in total. The number of nitrogens with one attached hydrogen (secondary N) is 1. The molecule has 0 fully saturated rings. The van der Waals surface area contributed by atoms with E-state index in [0.717, 1.165) is 17.8 Å². The van der Waals surface area contributed by atoms with Gasteiger partial charge in [-0.25, -0.2) is 8.42 Å². The van der Waals surface area contributed by atoms with Crippen LogP contribution < -0.4 is 14.4 Å². The molecule has 0 bridgehead atoms. The Kier molecular flexibility index (Phi) is 9.05. The van der Waals surface area contributed by atoms with Gasteiger partial charge in [0.1, 0.15) is 5.75 Å². The maximum Gasteiger partial charge on any atom is 0.261 e. The van der Waals surface area contributed by atoms with Crippen LogP contribution in [0.5, 0.6) is 5.75 Å². The van der Waals surface area contributed by atoms with Crippen molar-refractivity contribution >= 4 is 33.4 Å². The van der Waals surface area contributed by atoms with Gasteiger partial charge in [-0.05, 0) is 43.2 Å². The van der Waals surface area contributed by atoms with Gasteiger partial charge in [0.05, 0.1) is 11.9 Å². The summed E-state index contributed by atoms with van der Waals surface area (Å²) in [5.74, 6) is 2.12. The number of rotatable bonds is 11. The summed E-state index contributed by atoms with van der Waals surface area (Å²) >= 11 is 1.78. The van der Waals surface area contributed by atoms with Crippen molar-refractivity contribution in [2.75, 3.05) is 29.9 Å². The van der Waals surface area contributed by atoms with Crippen molar-refractivity contribution in [3.63, 3.8) is 0 Å². The number of hydrogen-bond acceptors (Lipinski definition) is 5. The molecule has 0 radical (unpaired) electrons. The number of nitrogens with zero attached hydrogens (tertiary/aromatic N) is 1. The third-order valence-electron chi connectivity index (χ3n) is 4.54. The average Bonchev–Trinajstić information content (AvgIpc) is 2.71. The molecule has 2 aromatic rings. The first kappa shape index (κ1) is 24.1. The number of amides is 1. The van der Waals surface area contributed by atoms with E-state index in [4.69, 9.17) is 4.74 Å². The van der Waals surface area contributed by atoms with E-state index in [0.29, 0.717) is 24.4 Å². The summed E-state index contributed by atoms with van der Waals surface area (Å²) in [6, 6.07) is 15.1. The van der Waals surface area contributed by atoms with Gasteiger partial charge in [-0.15, -0.1) is 0 Å². The van der Waals surface area contributed by atoms with Crippen LogP contribution in [0, 0.1) is 6.92 Å². The fraction of sp³-hybridized carbons (Fsp3) is 0.409. The summed E-state index contributed by atoms with van der Waals surface area (Å²) in [7, 11) is -1.83. The summed E-state index contributed by atoms with van der Waals surface area (Å²) in [5, 5.41) is 2.93. The predicted octanol–water partition coefficient (Wildman–Crippen LogP) is 3.60. The van der Waals surface area contributed by atoms with Crippen molar-refractivity contribution in [3.8, 4) is 5.75 Å². The molecule has 1 N–H and O–H groups in total. The second-order valence-electron chi connectivity index (χ2n) is 7.07. The molecule has 0 spiro atoms. The quantitative estimate of drug-likeness (QED) is 0.530. The van der Waals surface area contributed by atoms with Crippen molar-refractivity contribution in [1.29, 1.82) is 0 Å². The molecule has 0 saturated carbocycles. The lowest BCUT2D eigenvalue weighted by molar-refractivity contribution is -0.127. The smallest absolute Gasteiger partial charge is 0.261 e. The zero-order chi connectivity index (χ0) is 22.1. The standard InChI is InChI=1S/C22H30N2O4S2/c1-5-21(28-20-11-9-19(10-12-20)24(3)30(4,26)27)22(25)23-13-14-29-16-18-8-6-7-17(2)15-18/h6-12,15,21H,5,13-14,16H2,1-4H3,(H,23,25)/t21-/m1/s1. The molecule has 0 heterocycles. The molecule has 0 aliphatic carbocycles. The topological polar surface area (TPSA) is 75.7 Å². The van der Waals surface area contributed by atoms with Crippen LogP contribution in [0.4, 0.5) is 5.69 Å². The Balaban J connectivity index is 1.79. The number of benzene rings is 2. The lowest BCUT2D eigenvalue weighted by Crippen LogP contribution is -2.39. The first-order chi connectivity index (χ1) is 14.2. The van der Waals surface area contributed by atoms with Crippen LogP contribution >= 0.6 is 11.8 Å². The molecule has 0 aromatic heterocycles. The van der Waals surface area contributed by atoms with Crippen LogP contribution in [0.1, 0.15) is 24.5 Å². The molecule has 30 heavy (non-hydrogen) atoms. The van der Waals surface area contributed by atoms with Crippen molar-refractivity contribution in [3.05, 3.63) is 59.7 Å². The lowest BCUT2D eigenvalue weighted by atomic mass is 10.2. The second kappa shape index (κ2) is 11.3. The third-order valence-corrected chi connectivity index (χ3v) is 6.77. The Bertz CT molecular complexity index is 930. The van der Waals surface area contributed by atoms with Crippen LogP contribution in [0.15, 0.2) is 48.5 Å². The van der Waals surface area contributed by atoms with Crippen LogP contribution in [0.25, 0.3) is 0 Å². The fourth-order valence-electron chi connectivity index (χ4n) is 2.76. The average molecular weight is 451 g/mol. The maximum atomic E-state index is 12.4. The molecule has 1 atom stereocenters. The number of aryl methyl sites for hydroxylation is 1. The Morgan fingerprint density at radius 3 is 2.50 bits per heavy atom. The van der Waals surface area contributed by atoms with Gasteiger partial charge < -0.3 is 10.1 Å². The van der Waals surface area contributed by atoms with Crippen molar-refractivity contribution in [1.82, 2.24) is 5.32 Å². The highest BCUT2D eigenvalue weighted by Crippen LogP contribution is 2.21. The first-order valence-electron chi connectivity index (χ1n) is 9.82. The number of carbonyl (C=O) groups excluding carboxylic acids is 1. The van der Waals surface area contributed by atoms with Gasteiger partial charge in [0.15, 0.2) is 6.10 Å². The number of thioether (sulfide) groups is 1. The van der Waals surface area contributed by atoms with E-state index in [-0.39, 0.29) is 5.91 Å². The molecule has 0 aliphatic heterocycles. The van der Waals surface area contributed by atoms with Crippen LogP contribution in [-0.4, -0.2) is 46.0 Å². The Morgan fingerprint density at radius 2 is 1.90 bits per heavy atom. The van der Waals surface area contributed by atoms with E-state index in [1.165, 1.54) is 22.5 Å². The van der Waals surface area contributed by atoms with E-state index in [1.54, 1.807) is 36.0 Å². The van der Waals surface area contributed by atoms with Gasteiger partial charge >= 0.3 is 0 Å². The molecule has 2 aromatic carbocycles. The normalized spacial score (nSPS) is 12.3. The zero-order valence-corrected chi connectivity index (χ0v) is 19.6. The molecule has 0 saturated heterocycles. The number of ether oxygens (including phenoxy) is 1. The molecule has 2 rings (SSSR count). The summed E-state index contributed by atoms with van der Waals surface area (Å²) < 4.78 is 30.2. The molecule has 0 aliphatic rings. The fourth-order valence-corrected chi connectivity index (χ4v) is 4.08. The minimum absolute atomic E-state index is 0.147. The lowest BCUT2D eigenvalue weighted by Gasteiger charge is -2.19. The highest BCUT2D eigenvalue weighted by Gasteiger charge is 2.18. The first-order valence-corrected chi connectivity index (χ1v) is 12.8. The van der Waals surface area contributed by atoms with Gasteiger partial charge in [0.2, 0.25) is 10.0 Å². The van der Waals surface area contributed by atoms with E-state index < -0.39 is 16.1 Å². The molecular formula is C22H30N2O4S2. The molecule has 8 heteroatoms. The second-order valence-corrected chi connectivity index (χ2v) is 10.2. The molecule has 0 unspecified atom stereocenters. The van der Waals surface area contributed by atoms with Crippen molar-refractivity contribution < 1.29 is 17.9 Å². The summed E-state index contributed by atoms with van der Waals surface area (Å²) in [5.41, 5.74) is 3.07. The van der Waals surface area contributed by atoms with E-state index in [1.807, 2.05) is 6.92 Å². The summed E-state index contributed by atoms with van der Waals surface area (Å²) in [4.78, 5) is 12.4. The van der Waals surface area contributed by atoms with E-state index in [9.17, 15) is 13.2 Å². The Labute approximate surface area is 184 Å². The maximum absolute atomic E-state index is 12.4. The molecule has 164 valence electrons. The third kappa shape index (κ3) is 7.57. The van der Waals surface area contributed by atoms with Crippen molar-refractivity contribution in [2.45, 2.75) is 32.1 Å². The monoisotopic (exact) mass is 450 g/mol. The van der Waals surface area contributed by atoms with Gasteiger partial charge in [-0.2, -0.15) is 11.8 Å². The molecule has 1 amide bonds. The largest absolute Gasteiger partial charge is 0.481 e. The Morgan fingerprint density at radius 1 is 1.20 bits per heavy atom. The minimum Gasteiger partial charge on any atom is -0.481 e. The van der Waals surface area contributed by atoms with Crippen molar-refractivity contribution in [2.24, 2.45) is 0 Å². The van der Waals surface area contributed by atoms with Gasteiger partial charge in [-0.1, -0.05) is 36.8 Å². The SMILES string of the molecule is CC[C@@H](Oc1ccc(N(C)S(C)(=O)=O)cc1)C(=O)NCCSCc1cccc(C)c1. The zero-order valence-electron chi connectivity index (χ0n) is 17.9. The summed E-state index contributed by atoms with van der Waals surface area (Å²) in [6.07, 6.45) is 1.09. The van der Waals surface area contributed by atoms with E-state index in [2.05, 4.69) is 36.5 Å². The minimum atomic E-state index is -3.32. The number of sulfonamides is 1. The number of carbonyl (C=O) groups is 1. The predicted molar refractivity (Wildman–Crippen MR) is 125 cm³/mol.